The summed E-state index contributed by atoms with van der Waals surface area (Å²) in [7, 11) is 0. The third kappa shape index (κ3) is 3.50. The van der Waals surface area contributed by atoms with Crippen LogP contribution in [0.15, 0.2) is 60.0 Å². The number of carbonyl (C=O) groups excluding carboxylic acids is 1. The molecule has 8 heteroatoms. The first kappa shape index (κ1) is 18.6. The van der Waals surface area contributed by atoms with Gasteiger partial charge in [0, 0.05) is 5.56 Å². The number of ketones is 1. The van der Waals surface area contributed by atoms with Gasteiger partial charge in [-0.25, -0.2) is 14.6 Å². The van der Waals surface area contributed by atoms with E-state index in [1.54, 1.807) is 29.1 Å². The number of thioether (sulfide) groups is 1. The predicted octanol–water partition coefficient (Wildman–Crippen LogP) is 3.87. The number of carbonyl (C=O) groups is 1. The van der Waals surface area contributed by atoms with Crippen molar-refractivity contribution in [2.75, 3.05) is 19.0 Å². The van der Waals surface area contributed by atoms with Crippen LogP contribution in [0.1, 0.15) is 15.9 Å². The summed E-state index contributed by atoms with van der Waals surface area (Å²) in [6, 6.07) is 13.4. The third-order valence-corrected chi connectivity index (χ3v) is 5.82. The molecule has 0 saturated heterocycles. The number of benzene rings is 2. The van der Waals surface area contributed by atoms with Gasteiger partial charge in [-0.15, -0.1) is 0 Å². The van der Waals surface area contributed by atoms with Crippen LogP contribution in [0.2, 0.25) is 0 Å². The van der Waals surface area contributed by atoms with Crippen molar-refractivity contribution in [2.45, 2.75) is 11.9 Å². The average molecular weight is 418 g/mol. The Morgan fingerprint density at radius 3 is 2.70 bits per heavy atom. The fourth-order valence-corrected chi connectivity index (χ4v) is 4.10. The van der Waals surface area contributed by atoms with Crippen molar-refractivity contribution in [1.82, 2.24) is 19.7 Å². The van der Waals surface area contributed by atoms with Crippen LogP contribution < -0.4 is 9.47 Å². The zero-order valence-electron chi connectivity index (χ0n) is 16.2. The minimum atomic E-state index is -0.00494. The van der Waals surface area contributed by atoms with Crippen molar-refractivity contribution >= 4 is 28.6 Å². The second kappa shape index (κ2) is 7.79. The highest BCUT2D eigenvalue weighted by Crippen LogP contribution is 2.32. The van der Waals surface area contributed by atoms with Gasteiger partial charge in [0.15, 0.2) is 22.9 Å². The lowest BCUT2D eigenvalue weighted by Crippen LogP contribution is -2.16. The molecular formula is C22H18N4O3S. The van der Waals surface area contributed by atoms with Gasteiger partial charge < -0.3 is 9.47 Å². The molecule has 2 aromatic carbocycles. The largest absolute Gasteiger partial charge is 0.486 e. The molecule has 1 aliphatic rings. The SMILES string of the molecule is Cc1ccc(-n2ncc3c(SCC(=O)c4ccc5c(c4)OCCO5)ncnc32)cc1. The first-order valence-corrected chi connectivity index (χ1v) is 10.5. The number of fused-ring (bicyclic) bond motifs is 2. The summed E-state index contributed by atoms with van der Waals surface area (Å²) in [5, 5.41) is 6.02. The van der Waals surface area contributed by atoms with Gasteiger partial charge in [0.25, 0.3) is 0 Å². The molecule has 0 unspecified atom stereocenters. The normalized spacial score (nSPS) is 12.8. The average Bonchev–Trinajstić information content (AvgIpc) is 3.22. The number of hydrogen-bond donors (Lipinski definition) is 0. The van der Waals surface area contributed by atoms with Gasteiger partial charge in [-0.05, 0) is 37.3 Å². The summed E-state index contributed by atoms with van der Waals surface area (Å²) in [4.78, 5) is 21.5. The fraction of sp³-hybridized carbons (Fsp3) is 0.182. The number of Topliss-reactive ketones (excluding diaryl/α,β-unsaturated/α-hetero) is 1. The van der Waals surface area contributed by atoms with Crippen LogP contribution in [-0.4, -0.2) is 44.5 Å². The zero-order valence-corrected chi connectivity index (χ0v) is 17.1. The molecule has 30 heavy (non-hydrogen) atoms. The van der Waals surface area contributed by atoms with Gasteiger partial charge in [0.05, 0.1) is 23.0 Å². The lowest BCUT2D eigenvalue weighted by Gasteiger charge is -2.18. The van der Waals surface area contributed by atoms with Crippen LogP contribution >= 0.6 is 11.8 Å². The molecule has 0 amide bonds. The zero-order chi connectivity index (χ0) is 20.5. The topological polar surface area (TPSA) is 79.1 Å². The fourth-order valence-electron chi connectivity index (χ4n) is 3.25. The Bertz CT molecular complexity index is 1240. The number of nitrogens with zero attached hydrogens (tertiary/aromatic N) is 4. The van der Waals surface area contributed by atoms with E-state index in [4.69, 9.17) is 9.47 Å². The number of aromatic nitrogens is 4. The summed E-state index contributed by atoms with van der Waals surface area (Å²) in [5.41, 5.74) is 3.41. The number of aryl methyl sites for hydroxylation is 1. The Kier molecular flexibility index (Phi) is 4.84. The smallest absolute Gasteiger partial charge is 0.173 e. The van der Waals surface area contributed by atoms with Gasteiger partial charge in [0.2, 0.25) is 0 Å². The van der Waals surface area contributed by atoms with Crippen LogP contribution in [0.3, 0.4) is 0 Å². The van der Waals surface area contributed by atoms with Crippen molar-refractivity contribution in [1.29, 1.82) is 0 Å². The third-order valence-electron chi connectivity index (χ3n) is 4.81. The predicted molar refractivity (Wildman–Crippen MR) is 114 cm³/mol. The Labute approximate surface area is 177 Å². The lowest BCUT2D eigenvalue weighted by molar-refractivity contribution is 0.102. The van der Waals surface area contributed by atoms with E-state index < -0.39 is 0 Å². The Balaban J connectivity index is 1.37. The van der Waals surface area contributed by atoms with Crippen molar-refractivity contribution in [3.05, 3.63) is 66.1 Å². The molecule has 0 atom stereocenters. The summed E-state index contributed by atoms with van der Waals surface area (Å²) < 4.78 is 12.9. The molecular weight excluding hydrogens is 400 g/mol. The monoisotopic (exact) mass is 418 g/mol. The Hall–Kier alpha value is -3.39. The highest BCUT2D eigenvalue weighted by atomic mass is 32.2. The van der Waals surface area contributed by atoms with Crippen LogP contribution in [0.25, 0.3) is 16.7 Å². The number of ether oxygens (including phenoxy) is 2. The molecule has 150 valence electrons. The second-order valence-corrected chi connectivity index (χ2v) is 7.84. The highest BCUT2D eigenvalue weighted by molar-refractivity contribution is 8.00. The maximum Gasteiger partial charge on any atom is 0.173 e. The molecule has 0 saturated carbocycles. The molecule has 3 heterocycles. The molecule has 7 nitrogen and oxygen atoms in total. The molecule has 0 bridgehead atoms. The molecule has 0 fully saturated rings. The Morgan fingerprint density at radius 2 is 1.87 bits per heavy atom. The molecule has 0 N–H and O–H groups in total. The first-order valence-electron chi connectivity index (χ1n) is 9.50. The molecule has 2 aromatic heterocycles. The van der Waals surface area contributed by atoms with E-state index in [1.165, 1.54) is 23.7 Å². The molecule has 1 aliphatic heterocycles. The van der Waals surface area contributed by atoms with E-state index in [2.05, 4.69) is 15.1 Å². The van der Waals surface area contributed by atoms with Crippen LogP contribution in [0, 0.1) is 6.92 Å². The van der Waals surface area contributed by atoms with Crippen LogP contribution in [-0.2, 0) is 0 Å². The lowest BCUT2D eigenvalue weighted by atomic mass is 10.1. The van der Waals surface area contributed by atoms with Gasteiger partial charge in [-0.3, -0.25) is 4.79 Å². The molecule has 5 rings (SSSR count). The summed E-state index contributed by atoms with van der Waals surface area (Å²) in [6.07, 6.45) is 3.25. The van der Waals surface area contributed by atoms with Crippen LogP contribution in [0.5, 0.6) is 11.5 Å². The van der Waals surface area contributed by atoms with Crippen molar-refractivity contribution in [2.24, 2.45) is 0 Å². The van der Waals surface area contributed by atoms with Gasteiger partial charge in [0.1, 0.15) is 24.6 Å². The Morgan fingerprint density at radius 1 is 1.07 bits per heavy atom. The van der Waals surface area contributed by atoms with E-state index in [0.29, 0.717) is 35.9 Å². The van der Waals surface area contributed by atoms with Gasteiger partial charge >= 0.3 is 0 Å². The van der Waals surface area contributed by atoms with E-state index >= 15 is 0 Å². The maximum atomic E-state index is 12.7. The summed E-state index contributed by atoms with van der Waals surface area (Å²) >= 11 is 1.38. The molecule has 0 radical (unpaired) electrons. The number of rotatable bonds is 5. The summed E-state index contributed by atoms with van der Waals surface area (Å²) in [5.74, 6) is 1.53. The van der Waals surface area contributed by atoms with E-state index in [1.807, 2.05) is 31.2 Å². The van der Waals surface area contributed by atoms with Crippen molar-refractivity contribution in [3.63, 3.8) is 0 Å². The van der Waals surface area contributed by atoms with E-state index in [9.17, 15) is 4.79 Å². The minimum Gasteiger partial charge on any atom is -0.486 e. The standard InChI is InChI=1S/C22H18N4O3S/c1-14-2-5-16(6-3-14)26-21-17(11-25-26)22(24-13-23-21)30-12-18(27)15-4-7-19-20(10-15)29-9-8-28-19/h2-7,10-11,13H,8-9,12H2,1H3. The highest BCUT2D eigenvalue weighted by Gasteiger charge is 2.17. The number of hydrogen-bond acceptors (Lipinski definition) is 7. The second-order valence-electron chi connectivity index (χ2n) is 6.88. The molecule has 0 aliphatic carbocycles. The molecule has 0 spiro atoms. The van der Waals surface area contributed by atoms with E-state index in [-0.39, 0.29) is 11.5 Å². The molecule has 4 aromatic rings. The van der Waals surface area contributed by atoms with E-state index in [0.717, 1.165) is 16.1 Å². The quantitative estimate of drug-likeness (QED) is 0.276. The first-order chi connectivity index (χ1) is 14.7. The minimum absolute atomic E-state index is 0.00494. The maximum absolute atomic E-state index is 12.7. The summed E-state index contributed by atoms with van der Waals surface area (Å²) in [6.45, 7) is 3.06. The van der Waals surface area contributed by atoms with Crippen LogP contribution in [0.4, 0.5) is 0 Å². The van der Waals surface area contributed by atoms with Crippen molar-refractivity contribution in [3.8, 4) is 17.2 Å². The van der Waals surface area contributed by atoms with Crippen molar-refractivity contribution < 1.29 is 14.3 Å². The van der Waals surface area contributed by atoms with Gasteiger partial charge in [-0.1, -0.05) is 29.5 Å². The van der Waals surface area contributed by atoms with Gasteiger partial charge in [-0.2, -0.15) is 5.10 Å².